The van der Waals surface area contributed by atoms with Crippen LogP contribution in [0.2, 0.25) is 0 Å². The fourth-order valence-electron chi connectivity index (χ4n) is 1.23. The van der Waals surface area contributed by atoms with Crippen molar-refractivity contribution in [3.05, 3.63) is 35.4 Å². The molecule has 5 heteroatoms. The molecule has 0 fully saturated rings. The van der Waals surface area contributed by atoms with Crippen molar-refractivity contribution >= 4 is 23.4 Å². The number of carbonyl (C=O) groups excluding carboxylic acids is 2. The maximum atomic E-state index is 11.6. The average molecular weight is 255 g/mol. The standard InChI is InChI=1S/C12H15ClN2O2/c1-9-2-4-10(5-3-9)12(17)15-7-6-14-11(16)8-13/h2-5H,6-8H2,1H3,(H,14,16)(H,15,17). The Hall–Kier alpha value is -1.55. The van der Waals surface area contributed by atoms with Crippen molar-refractivity contribution in [2.75, 3.05) is 19.0 Å². The van der Waals surface area contributed by atoms with Crippen molar-refractivity contribution < 1.29 is 9.59 Å². The molecule has 2 N–H and O–H groups in total. The molecular formula is C12H15ClN2O2. The Kier molecular flexibility index (Phi) is 5.49. The molecule has 92 valence electrons. The Morgan fingerprint density at radius 1 is 1.12 bits per heavy atom. The fraction of sp³-hybridized carbons (Fsp3) is 0.333. The van der Waals surface area contributed by atoms with Crippen LogP contribution in [0.5, 0.6) is 0 Å². The lowest BCUT2D eigenvalue weighted by Gasteiger charge is -2.06. The summed E-state index contributed by atoms with van der Waals surface area (Å²) >= 11 is 5.30. The number of hydrogen-bond acceptors (Lipinski definition) is 2. The van der Waals surface area contributed by atoms with Gasteiger partial charge < -0.3 is 10.6 Å². The second kappa shape index (κ2) is 6.91. The molecule has 0 spiro atoms. The highest BCUT2D eigenvalue weighted by Gasteiger charge is 2.04. The molecule has 1 aromatic rings. The molecule has 0 radical (unpaired) electrons. The van der Waals surface area contributed by atoms with E-state index >= 15 is 0 Å². The van der Waals surface area contributed by atoms with E-state index < -0.39 is 0 Å². The van der Waals surface area contributed by atoms with Crippen molar-refractivity contribution in [2.24, 2.45) is 0 Å². The molecule has 0 saturated carbocycles. The number of nitrogens with one attached hydrogen (secondary N) is 2. The second-order valence-electron chi connectivity index (χ2n) is 3.61. The third-order valence-electron chi connectivity index (χ3n) is 2.17. The Balaban J connectivity index is 2.30. The van der Waals surface area contributed by atoms with Crippen LogP contribution < -0.4 is 10.6 Å². The van der Waals surface area contributed by atoms with Gasteiger partial charge in [0.1, 0.15) is 5.88 Å². The molecule has 4 nitrogen and oxygen atoms in total. The quantitative estimate of drug-likeness (QED) is 0.610. The molecule has 2 amide bonds. The molecule has 1 rings (SSSR count). The lowest BCUT2D eigenvalue weighted by Crippen LogP contribution is -2.35. The highest BCUT2D eigenvalue weighted by atomic mass is 35.5. The van der Waals surface area contributed by atoms with Crippen LogP contribution in [0, 0.1) is 6.92 Å². The van der Waals surface area contributed by atoms with Gasteiger partial charge in [-0.1, -0.05) is 17.7 Å². The third kappa shape index (κ3) is 4.87. The highest BCUT2D eigenvalue weighted by Crippen LogP contribution is 2.02. The zero-order valence-corrected chi connectivity index (χ0v) is 10.4. The van der Waals surface area contributed by atoms with Gasteiger partial charge in [-0.3, -0.25) is 9.59 Å². The van der Waals surface area contributed by atoms with Crippen LogP contribution in [-0.4, -0.2) is 30.8 Å². The molecule has 0 bridgehead atoms. The number of amides is 2. The first kappa shape index (κ1) is 13.5. The number of alkyl halides is 1. The zero-order valence-electron chi connectivity index (χ0n) is 9.63. The minimum atomic E-state index is -0.240. The summed E-state index contributed by atoms with van der Waals surface area (Å²) < 4.78 is 0. The Bertz CT molecular complexity index is 390. The number of halogens is 1. The van der Waals surface area contributed by atoms with Crippen LogP contribution in [0.3, 0.4) is 0 Å². The van der Waals surface area contributed by atoms with Crippen molar-refractivity contribution in [1.82, 2.24) is 10.6 Å². The fourth-order valence-corrected chi connectivity index (χ4v) is 1.33. The highest BCUT2D eigenvalue weighted by molar-refractivity contribution is 6.27. The third-order valence-corrected chi connectivity index (χ3v) is 2.41. The summed E-state index contributed by atoms with van der Waals surface area (Å²) in [4.78, 5) is 22.4. The van der Waals surface area contributed by atoms with Crippen LogP contribution in [-0.2, 0) is 4.79 Å². The summed E-state index contributed by atoms with van der Waals surface area (Å²) in [5.74, 6) is -0.451. The number of rotatable bonds is 5. The van der Waals surface area contributed by atoms with Gasteiger partial charge in [0.25, 0.3) is 5.91 Å². The summed E-state index contributed by atoms with van der Waals surface area (Å²) in [6, 6.07) is 7.29. The Morgan fingerprint density at radius 3 is 2.29 bits per heavy atom. The van der Waals surface area contributed by atoms with Gasteiger partial charge in [0.05, 0.1) is 0 Å². The van der Waals surface area contributed by atoms with Gasteiger partial charge in [-0.2, -0.15) is 0 Å². The smallest absolute Gasteiger partial charge is 0.251 e. The summed E-state index contributed by atoms with van der Waals surface area (Å²) in [7, 11) is 0. The SMILES string of the molecule is Cc1ccc(C(=O)NCCNC(=O)CCl)cc1. The van der Waals surface area contributed by atoms with E-state index in [0.29, 0.717) is 18.7 Å². The van der Waals surface area contributed by atoms with Gasteiger partial charge in [-0.05, 0) is 19.1 Å². The van der Waals surface area contributed by atoms with Gasteiger partial charge in [0.2, 0.25) is 5.91 Å². The second-order valence-corrected chi connectivity index (χ2v) is 3.87. The van der Waals surface area contributed by atoms with Gasteiger partial charge in [-0.25, -0.2) is 0 Å². The van der Waals surface area contributed by atoms with Gasteiger partial charge in [0, 0.05) is 18.7 Å². The van der Waals surface area contributed by atoms with Crippen LogP contribution in [0.25, 0.3) is 0 Å². The molecule has 17 heavy (non-hydrogen) atoms. The molecule has 0 saturated heterocycles. The first-order valence-electron chi connectivity index (χ1n) is 5.31. The molecule has 0 heterocycles. The first-order chi connectivity index (χ1) is 8.13. The van der Waals surface area contributed by atoms with Crippen LogP contribution in [0.4, 0.5) is 0 Å². The van der Waals surface area contributed by atoms with Crippen LogP contribution in [0.1, 0.15) is 15.9 Å². The molecule has 0 aliphatic carbocycles. The summed E-state index contributed by atoms with van der Waals surface area (Å²) in [5.41, 5.74) is 1.72. The average Bonchev–Trinajstić information content (AvgIpc) is 2.34. The zero-order chi connectivity index (χ0) is 12.7. The summed E-state index contributed by atoms with van der Waals surface area (Å²) in [5, 5.41) is 5.26. The predicted octanol–water partition coefficient (Wildman–Crippen LogP) is 1.08. The topological polar surface area (TPSA) is 58.2 Å². The van der Waals surface area contributed by atoms with E-state index in [0.717, 1.165) is 5.56 Å². The van der Waals surface area contributed by atoms with Gasteiger partial charge in [-0.15, -0.1) is 11.6 Å². The minimum Gasteiger partial charge on any atom is -0.353 e. The van der Waals surface area contributed by atoms with Crippen LogP contribution >= 0.6 is 11.6 Å². The van der Waals surface area contributed by atoms with E-state index in [-0.39, 0.29) is 17.7 Å². The lowest BCUT2D eigenvalue weighted by molar-refractivity contribution is -0.118. The molecular weight excluding hydrogens is 240 g/mol. The molecule has 0 atom stereocenters. The minimum absolute atomic E-state index is 0.0636. The van der Waals surface area contributed by atoms with E-state index in [9.17, 15) is 9.59 Å². The van der Waals surface area contributed by atoms with Gasteiger partial charge in [0.15, 0.2) is 0 Å². The number of aryl methyl sites for hydroxylation is 1. The van der Waals surface area contributed by atoms with Crippen molar-refractivity contribution in [3.8, 4) is 0 Å². The maximum Gasteiger partial charge on any atom is 0.251 e. The Morgan fingerprint density at radius 2 is 1.71 bits per heavy atom. The van der Waals surface area contributed by atoms with E-state index in [1.165, 1.54) is 0 Å². The number of benzene rings is 1. The molecule has 0 unspecified atom stereocenters. The van der Waals surface area contributed by atoms with E-state index in [4.69, 9.17) is 11.6 Å². The first-order valence-corrected chi connectivity index (χ1v) is 5.84. The molecule has 0 aromatic heterocycles. The normalized spacial score (nSPS) is 9.76. The largest absolute Gasteiger partial charge is 0.353 e. The number of hydrogen-bond donors (Lipinski definition) is 2. The molecule has 0 aliphatic rings. The van der Waals surface area contributed by atoms with E-state index in [1.54, 1.807) is 12.1 Å². The van der Waals surface area contributed by atoms with E-state index in [1.807, 2.05) is 19.1 Å². The van der Waals surface area contributed by atoms with Crippen molar-refractivity contribution in [1.29, 1.82) is 0 Å². The predicted molar refractivity (Wildman–Crippen MR) is 67.2 cm³/mol. The Labute approximate surface area is 105 Å². The van der Waals surface area contributed by atoms with Crippen molar-refractivity contribution in [2.45, 2.75) is 6.92 Å². The number of carbonyl (C=O) groups is 2. The van der Waals surface area contributed by atoms with Crippen LogP contribution in [0.15, 0.2) is 24.3 Å². The maximum absolute atomic E-state index is 11.6. The van der Waals surface area contributed by atoms with Gasteiger partial charge >= 0.3 is 0 Å². The monoisotopic (exact) mass is 254 g/mol. The summed E-state index contributed by atoms with van der Waals surface area (Å²) in [6.45, 7) is 2.72. The van der Waals surface area contributed by atoms with Crippen molar-refractivity contribution in [3.63, 3.8) is 0 Å². The lowest BCUT2D eigenvalue weighted by atomic mass is 10.1. The molecule has 1 aromatic carbocycles. The molecule has 0 aliphatic heterocycles. The van der Waals surface area contributed by atoms with E-state index in [2.05, 4.69) is 10.6 Å². The summed E-state index contributed by atoms with van der Waals surface area (Å²) in [6.07, 6.45) is 0.